The van der Waals surface area contributed by atoms with Gasteiger partial charge in [-0.05, 0) is 55.5 Å². The highest BCUT2D eigenvalue weighted by Gasteiger charge is 2.18. The summed E-state index contributed by atoms with van der Waals surface area (Å²) in [6, 6.07) is 8.65. The van der Waals surface area contributed by atoms with Crippen LogP contribution in [0.4, 0.5) is 11.5 Å². The molecule has 148 valence electrons. The van der Waals surface area contributed by atoms with E-state index in [1.165, 1.54) is 16.4 Å². The maximum absolute atomic E-state index is 12.2. The third kappa shape index (κ3) is 4.41. The molecule has 0 saturated carbocycles. The lowest BCUT2D eigenvalue weighted by molar-refractivity contribution is -0.133. The first kappa shape index (κ1) is 19.4. The zero-order chi connectivity index (χ0) is 20.4. The molecule has 0 unspecified atom stereocenters. The Labute approximate surface area is 177 Å². The first-order valence-corrected chi connectivity index (χ1v) is 9.86. The van der Waals surface area contributed by atoms with E-state index in [1.807, 2.05) is 6.07 Å². The number of hydrogen-bond acceptors (Lipinski definition) is 4. The molecule has 0 spiro atoms. The summed E-state index contributed by atoms with van der Waals surface area (Å²) in [6.07, 6.45) is 7.10. The molecule has 2 aromatic heterocycles. The van der Waals surface area contributed by atoms with Gasteiger partial charge in [0.15, 0.2) is 0 Å². The number of anilines is 2. The molecule has 1 aromatic carbocycles. The summed E-state index contributed by atoms with van der Waals surface area (Å²) >= 11 is 12.1. The van der Waals surface area contributed by atoms with Gasteiger partial charge in [0.05, 0.1) is 28.8 Å². The molecule has 2 N–H and O–H groups in total. The van der Waals surface area contributed by atoms with Gasteiger partial charge in [0, 0.05) is 10.7 Å². The Kier molecular flexibility index (Phi) is 5.51. The van der Waals surface area contributed by atoms with E-state index in [0.717, 1.165) is 31.4 Å². The zero-order valence-corrected chi connectivity index (χ0v) is 16.8. The zero-order valence-electron chi connectivity index (χ0n) is 15.3. The van der Waals surface area contributed by atoms with Gasteiger partial charge in [-0.3, -0.25) is 9.59 Å². The van der Waals surface area contributed by atoms with Crippen molar-refractivity contribution >= 4 is 46.5 Å². The number of rotatable bonds is 3. The van der Waals surface area contributed by atoms with Crippen LogP contribution in [0.2, 0.25) is 10.0 Å². The molecule has 0 fully saturated rings. The molecule has 0 aliphatic heterocycles. The van der Waals surface area contributed by atoms with Gasteiger partial charge in [-0.15, -0.1) is 0 Å². The summed E-state index contributed by atoms with van der Waals surface area (Å²) in [6.45, 7) is 0. The minimum atomic E-state index is -0.814. The van der Waals surface area contributed by atoms with Crippen LogP contribution in [-0.2, 0) is 22.4 Å². The summed E-state index contributed by atoms with van der Waals surface area (Å²) in [5.41, 5.74) is 3.14. The van der Waals surface area contributed by atoms with Crippen molar-refractivity contribution in [3.05, 3.63) is 64.0 Å². The van der Waals surface area contributed by atoms with E-state index in [2.05, 4.69) is 20.7 Å². The monoisotopic (exact) mass is 429 g/mol. The summed E-state index contributed by atoms with van der Waals surface area (Å²) in [4.78, 5) is 28.9. The van der Waals surface area contributed by atoms with Crippen LogP contribution in [0.5, 0.6) is 0 Å². The Morgan fingerprint density at radius 1 is 1.00 bits per heavy atom. The Morgan fingerprint density at radius 3 is 2.62 bits per heavy atom. The number of halogens is 2. The van der Waals surface area contributed by atoms with E-state index in [4.69, 9.17) is 23.2 Å². The first-order valence-electron chi connectivity index (χ1n) is 9.11. The molecule has 1 aliphatic carbocycles. The van der Waals surface area contributed by atoms with Gasteiger partial charge in [-0.25, -0.2) is 9.67 Å². The van der Waals surface area contributed by atoms with E-state index in [0.29, 0.717) is 27.2 Å². The molecule has 0 atom stereocenters. The number of hydrogen-bond donors (Lipinski definition) is 2. The van der Waals surface area contributed by atoms with E-state index in [9.17, 15) is 9.59 Å². The number of carbonyl (C=O) groups is 2. The fourth-order valence-electron chi connectivity index (χ4n) is 3.20. The van der Waals surface area contributed by atoms with Crippen LogP contribution in [0.25, 0.3) is 5.69 Å². The Balaban J connectivity index is 1.41. The van der Waals surface area contributed by atoms with E-state index >= 15 is 0 Å². The molecule has 29 heavy (non-hydrogen) atoms. The second-order valence-electron chi connectivity index (χ2n) is 6.69. The minimum Gasteiger partial charge on any atom is -0.315 e. The number of amides is 2. The molecule has 4 rings (SSSR count). The second kappa shape index (κ2) is 8.23. The van der Waals surface area contributed by atoms with Crippen LogP contribution in [0.1, 0.15) is 24.1 Å². The van der Waals surface area contributed by atoms with Crippen molar-refractivity contribution in [2.45, 2.75) is 25.7 Å². The molecule has 0 bridgehead atoms. The van der Waals surface area contributed by atoms with Gasteiger partial charge in [0.2, 0.25) is 0 Å². The van der Waals surface area contributed by atoms with E-state index in [-0.39, 0.29) is 0 Å². The molecular formula is C20H17Cl2N5O2. The van der Waals surface area contributed by atoms with Gasteiger partial charge >= 0.3 is 11.8 Å². The maximum atomic E-state index is 12.2. The molecule has 0 radical (unpaired) electrons. The second-order valence-corrected chi connectivity index (χ2v) is 7.53. The predicted octanol–water partition coefficient (Wildman–Crippen LogP) is 4.03. The van der Waals surface area contributed by atoms with Crippen molar-refractivity contribution in [1.29, 1.82) is 0 Å². The summed E-state index contributed by atoms with van der Waals surface area (Å²) in [5.74, 6) is -1.24. The smallest absolute Gasteiger partial charge is 0.315 e. The number of nitrogens with one attached hydrogen (secondary N) is 2. The Hall–Kier alpha value is -2.90. The number of aromatic nitrogens is 3. The van der Waals surface area contributed by atoms with Gasteiger partial charge in [0.25, 0.3) is 0 Å². The lowest BCUT2D eigenvalue weighted by atomic mass is 9.96. The van der Waals surface area contributed by atoms with Gasteiger partial charge in [-0.1, -0.05) is 29.3 Å². The third-order valence-electron chi connectivity index (χ3n) is 4.62. The highest BCUT2D eigenvalue weighted by Crippen LogP contribution is 2.25. The molecule has 2 heterocycles. The fourth-order valence-corrected chi connectivity index (χ4v) is 3.69. The predicted molar refractivity (Wildman–Crippen MR) is 112 cm³/mol. The molecule has 3 aromatic rings. The van der Waals surface area contributed by atoms with Crippen molar-refractivity contribution in [3.8, 4) is 5.69 Å². The lowest BCUT2D eigenvalue weighted by Crippen LogP contribution is -2.29. The standard InChI is InChI=1S/C20H17Cl2N5O2/c21-13-6-7-17(15(22)9-13)27-11-14(10-23-27)24-19(28)20(29)26-18-8-5-12-3-1-2-4-16(12)25-18/h5-11H,1-4H2,(H,24,28)(H,25,26,29). The topological polar surface area (TPSA) is 88.9 Å². The first-order chi connectivity index (χ1) is 14.0. The molecule has 0 saturated heterocycles. The largest absolute Gasteiger partial charge is 0.315 e. The number of benzene rings is 1. The number of carbonyl (C=O) groups excluding carboxylic acids is 2. The minimum absolute atomic E-state index is 0.356. The Bertz CT molecular complexity index is 1100. The van der Waals surface area contributed by atoms with Crippen molar-refractivity contribution in [1.82, 2.24) is 14.8 Å². The fraction of sp³-hybridized carbons (Fsp3) is 0.200. The molecule has 7 nitrogen and oxygen atoms in total. The number of fused-ring (bicyclic) bond motifs is 1. The average molecular weight is 430 g/mol. The normalized spacial score (nSPS) is 12.9. The van der Waals surface area contributed by atoms with Gasteiger partial charge < -0.3 is 10.6 Å². The highest BCUT2D eigenvalue weighted by molar-refractivity contribution is 6.43. The summed E-state index contributed by atoms with van der Waals surface area (Å²) in [7, 11) is 0. The van der Waals surface area contributed by atoms with E-state index in [1.54, 1.807) is 30.5 Å². The van der Waals surface area contributed by atoms with Crippen molar-refractivity contribution in [3.63, 3.8) is 0 Å². The van der Waals surface area contributed by atoms with Crippen molar-refractivity contribution in [2.24, 2.45) is 0 Å². The van der Waals surface area contributed by atoms with Gasteiger partial charge in [-0.2, -0.15) is 5.10 Å². The number of pyridine rings is 1. The van der Waals surface area contributed by atoms with Crippen LogP contribution in [-0.4, -0.2) is 26.6 Å². The summed E-state index contributed by atoms with van der Waals surface area (Å²) < 4.78 is 1.48. The van der Waals surface area contributed by atoms with Crippen LogP contribution >= 0.6 is 23.2 Å². The van der Waals surface area contributed by atoms with Crippen LogP contribution in [0.15, 0.2) is 42.7 Å². The van der Waals surface area contributed by atoms with Crippen LogP contribution in [0.3, 0.4) is 0 Å². The molecule has 2 amide bonds. The molecule has 1 aliphatic rings. The summed E-state index contributed by atoms with van der Waals surface area (Å²) in [5, 5.41) is 10.1. The van der Waals surface area contributed by atoms with Crippen molar-refractivity contribution < 1.29 is 9.59 Å². The SMILES string of the molecule is O=C(Nc1cnn(-c2ccc(Cl)cc2Cl)c1)C(=O)Nc1ccc2c(n1)CCCC2. The molecule has 9 heteroatoms. The quantitative estimate of drug-likeness (QED) is 0.615. The number of aryl methyl sites for hydroxylation is 2. The average Bonchev–Trinajstić information content (AvgIpc) is 3.16. The van der Waals surface area contributed by atoms with Crippen molar-refractivity contribution in [2.75, 3.05) is 10.6 Å². The Morgan fingerprint density at radius 2 is 1.79 bits per heavy atom. The third-order valence-corrected chi connectivity index (χ3v) is 5.16. The lowest BCUT2D eigenvalue weighted by Gasteiger charge is -2.15. The maximum Gasteiger partial charge on any atom is 0.315 e. The van der Waals surface area contributed by atoms with Crippen LogP contribution < -0.4 is 10.6 Å². The molecular weight excluding hydrogens is 413 g/mol. The number of nitrogens with zero attached hydrogens (tertiary/aromatic N) is 3. The van der Waals surface area contributed by atoms with Crippen LogP contribution in [0, 0.1) is 0 Å². The van der Waals surface area contributed by atoms with Gasteiger partial charge in [0.1, 0.15) is 5.82 Å². The van der Waals surface area contributed by atoms with E-state index < -0.39 is 11.8 Å². The highest BCUT2D eigenvalue weighted by atomic mass is 35.5.